The Bertz CT molecular complexity index is 931. The zero-order valence-electron chi connectivity index (χ0n) is 16.9. The summed E-state index contributed by atoms with van der Waals surface area (Å²) in [6.45, 7) is 4.03. The molecule has 4 rings (SSSR count). The predicted molar refractivity (Wildman–Crippen MR) is 113 cm³/mol. The van der Waals surface area contributed by atoms with Gasteiger partial charge in [-0.05, 0) is 25.8 Å². The molecule has 2 aliphatic rings. The molecule has 0 aromatic carbocycles. The van der Waals surface area contributed by atoms with Crippen LogP contribution >= 0.6 is 0 Å². The minimum Gasteiger partial charge on any atom is -0.383 e. The molecule has 0 saturated carbocycles. The van der Waals surface area contributed by atoms with E-state index in [1.165, 1.54) is 6.21 Å². The molecule has 2 saturated heterocycles. The number of ether oxygens (including phenoxy) is 2. The van der Waals surface area contributed by atoms with Crippen molar-refractivity contribution in [1.29, 1.82) is 5.41 Å². The number of aliphatic hydroxyl groups is 1. The van der Waals surface area contributed by atoms with Crippen molar-refractivity contribution < 1.29 is 14.6 Å². The summed E-state index contributed by atoms with van der Waals surface area (Å²) in [7, 11) is 0. The molecule has 0 aliphatic carbocycles. The van der Waals surface area contributed by atoms with Crippen molar-refractivity contribution in [2.24, 2.45) is 0 Å². The molecule has 30 heavy (non-hydrogen) atoms. The fourth-order valence-electron chi connectivity index (χ4n) is 3.94. The molecule has 0 bridgehead atoms. The fraction of sp³-hybridized carbons (Fsp3) is 0.476. The average molecular weight is 410 g/mol. The zero-order valence-corrected chi connectivity index (χ0v) is 16.9. The van der Waals surface area contributed by atoms with Crippen LogP contribution in [0.4, 0.5) is 17.5 Å². The maximum atomic E-state index is 11.5. The van der Waals surface area contributed by atoms with Gasteiger partial charge in [-0.2, -0.15) is 5.10 Å². The highest BCUT2D eigenvalue weighted by Crippen LogP contribution is 2.38. The highest BCUT2D eigenvalue weighted by molar-refractivity contribution is 5.89. The lowest BCUT2D eigenvalue weighted by molar-refractivity contribution is -0.108. The molecule has 2 fully saturated rings. The Kier molecular flexibility index (Phi) is 5.72. The SMILES string of the molecule is C#CC1CCC(O)(c2cc(N3CCOC[C@H]3C)nc(Nc3ccn[nH]3)c2C=N)CO1. The van der Waals surface area contributed by atoms with Crippen LogP contribution in [0.5, 0.6) is 0 Å². The monoisotopic (exact) mass is 410 g/mol. The summed E-state index contributed by atoms with van der Waals surface area (Å²) < 4.78 is 11.3. The van der Waals surface area contributed by atoms with Crippen molar-refractivity contribution in [2.75, 3.05) is 36.6 Å². The van der Waals surface area contributed by atoms with Gasteiger partial charge in [-0.15, -0.1) is 6.42 Å². The lowest BCUT2D eigenvalue weighted by atomic mass is 9.84. The number of rotatable bonds is 5. The van der Waals surface area contributed by atoms with Gasteiger partial charge < -0.3 is 30.2 Å². The number of aromatic amines is 1. The molecule has 9 heteroatoms. The number of H-pyrrole nitrogens is 1. The van der Waals surface area contributed by atoms with E-state index >= 15 is 0 Å². The Hall–Kier alpha value is -2.93. The molecular formula is C21H26N6O3. The molecule has 0 radical (unpaired) electrons. The molecule has 2 unspecified atom stereocenters. The van der Waals surface area contributed by atoms with Crippen LogP contribution in [0.1, 0.15) is 30.9 Å². The van der Waals surface area contributed by atoms with E-state index in [4.69, 9.17) is 26.3 Å². The van der Waals surface area contributed by atoms with E-state index in [0.29, 0.717) is 61.2 Å². The zero-order chi connectivity index (χ0) is 21.1. The summed E-state index contributed by atoms with van der Waals surface area (Å²) in [6.07, 6.45) is 8.99. The normalized spacial score (nSPS) is 26.8. The summed E-state index contributed by atoms with van der Waals surface area (Å²) in [4.78, 5) is 6.94. The minimum atomic E-state index is -1.27. The lowest BCUT2D eigenvalue weighted by Gasteiger charge is -2.38. The minimum absolute atomic E-state index is 0.0638. The van der Waals surface area contributed by atoms with Gasteiger partial charge >= 0.3 is 0 Å². The standard InChI is InChI=1S/C21H26N6O3/c1-3-15-4-6-21(28,13-30-15)17-10-19(27-8-9-29-12-14(27)2)25-20(16(17)11-22)24-18-5-7-23-26-18/h1,5,7,10-11,14-15,22,28H,4,6,8-9,12-13H2,2H3,(H2,23,24,25,26)/t14-,15?,21?/m1/s1. The molecule has 9 nitrogen and oxygen atoms in total. The molecule has 2 aromatic heterocycles. The fourth-order valence-corrected chi connectivity index (χ4v) is 3.94. The van der Waals surface area contributed by atoms with Crippen LogP contribution in [0.25, 0.3) is 0 Å². The predicted octanol–water partition coefficient (Wildman–Crippen LogP) is 1.77. The van der Waals surface area contributed by atoms with Gasteiger partial charge in [0, 0.05) is 30.0 Å². The summed E-state index contributed by atoms with van der Waals surface area (Å²) in [6, 6.07) is 3.77. The number of aromatic nitrogens is 3. The maximum absolute atomic E-state index is 11.5. The van der Waals surface area contributed by atoms with Crippen molar-refractivity contribution in [3.05, 3.63) is 29.5 Å². The summed E-state index contributed by atoms with van der Waals surface area (Å²) in [5, 5.41) is 29.5. The van der Waals surface area contributed by atoms with Gasteiger partial charge in [-0.3, -0.25) is 5.10 Å². The second kappa shape index (κ2) is 8.44. The Balaban J connectivity index is 1.79. The number of nitrogens with one attached hydrogen (secondary N) is 3. The van der Waals surface area contributed by atoms with E-state index in [-0.39, 0.29) is 18.8 Å². The number of hydrogen-bond acceptors (Lipinski definition) is 8. The first kappa shape index (κ1) is 20.3. The number of terminal acetylenes is 1. The van der Waals surface area contributed by atoms with Gasteiger partial charge in [0.1, 0.15) is 29.2 Å². The van der Waals surface area contributed by atoms with Gasteiger partial charge in [0.25, 0.3) is 0 Å². The van der Waals surface area contributed by atoms with Crippen LogP contribution in [0, 0.1) is 17.8 Å². The van der Waals surface area contributed by atoms with Crippen LogP contribution in [0.3, 0.4) is 0 Å². The molecule has 3 atom stereocenters. The smallest absolute Gasteiger partial charge is 0.143 e. The van der Waals surface area contributed by atoms with Crippen molar-refractivity contribution in [3.8, 4) is 12.3 Å². The average Bonchev–Trinajstić information content (AvgIpc) is 3.27. The molecule has 4 heterocycles. The van der Waals surface area contributed by atoms with E-state index in [1.807, 2.05) is 6.07 Å². The largest absolute Gasteiger partial charge is 0.383 e. The third-order valence-corrected chi connectivity index (χ3v) is 5.64. The van der Waals surface area contributed by atoms with Gasteiger partial charge in [0.15, 0.2) is 0 Å². The van der Waals surface area contributed by atoms with Crippen molar-refractivity contribution in [1.82, 2.24) is 15.2 Å². The van der Waals surface area contributed by atoms with E-state index < -0.39 is 5.60 Å². The third kappa shape index (κ3) is 3.89. The topological polar surface area (TPSA) is 119 Å². The van der Waals surface area contributed by atoms with E-state index in [9.17, 15) is 5.11 Å². The van der Waals surface area contributed by atoms with Crippen LogP contribution in [-0.4, -0.2) is 65.0 Å². The second-order valence-electron chi connectivity index (χ2n) is 7.68. The first-order valence-electron chi connectivity index (χ1n) is 10.0. The Morgan fingerprint density at radius 1 is 1.53 bits per heavy atom. The van der Waals surface area contributed by atoms with Crippen LogP contribution in [-0.2, 0) is 15.1 Å². The molecule has 2 aliphatic heterocycles. The molecule has 4 N–H and O–H groups in total. The summed E-state index contributed by atoms with van der Waals surface area (Å²) in [5.41, 5.74) is -0.170. The first-order chi connectivity index (χ1) is 14.5. The number of hydrogen-bond donors (Lipinski definition) is 4. The van der Waals surface area contributed by atoms with Crippen molar-refractivity contribution >= 4 is 23.7 Å². The van der Waals surface area contributed by atoms with Crippen LogP contribution < -0.4 is 10.2 Å². The van der Waals surface area contributed by atoms with E-state index in [0.717, 1.165) is 0 Å². The Labute approximate surface area is 175 Å². The number of morpholine rings is 1. The van der Waals surface area contributed by atoms with Crippen molar-refractivity contribution in [2.45, 2.75) is 37.5 Å². The van der Waals surface area contributed by atoms with Gasteiger partial charge in [-0.1, -0.05) is 5.92 Å². The van der Waals surface area contributed by atoms with Crippen molar-refractivity contribution in [3.63, 3.8) is 0 Å². The third-order valence-electron chi connectivity index (χ3n) is 5.64. The molecule has 2 aromatic rings. The quantitative estimate of drug-likeness (QED) is 0.438. The van der Waals surface area contributed by atoms with Gasteiger partial charge in [0.05, 0.1) is 32.1 Å². The highest BCUT2D eigenvalue weighted by atomic mass is 16.5. The number of pyridine rings is 1. The van der Waals surface area contributed by atoms with Crippen LogP contribution in [0.2, 0.25) is 0 Å². The number of anilines is 3. The second-order valence-corrected chi connectivity index (χ2v) is 7.68. The molecule has 158 valence electrons. The van der Waals surface area contributed by atoms with Crippen LogP contribution in [0.15, 0.2) is 18.3 Å². The Morgan fingerprint density at radius 3 is 3.03 bits per heavy atom. The van der Waals surface area contributed by atoms with Gasteiger partial charge in [-0.25, -0.2) is 4.98 Å². The maximum Gasteiger partial charge on any atom is 0.143 e. The Morgan fingerprint density at radius 2 is 2.40 bits per heavy atom. The first-order valence-corrected chi connectivity index (χ1v) is 10.0. The lowest BCUT2D eigenvalue weighted by Crippen LogP contribution is -2.45. The van der Waals surface area contributed by atoms with Gasteiger partial charge in [0.2, 0.25) is 0 Å². The van der Waals surface area contributed by atoms with E-state index in [2.05, 4.69) is 33.3 Å². The summed E-state index contributed by atoms with van der Waals surface area (Å²) in [5.74, 6) is 4.41. The molecular weight excluding hydrogens is 384 g/mol. The molecule has 0 amide bonds. The highest BCUT2D eigenvalue weighted by Gasteiger charge is 2.38. The molecule has 0 spiro atoms. The number of nitrogens with zero attached hydrogens (tertiary/aromatic N) is 3. The van der Waals surface area contributed by atoms with E-state index in [1.54, 1.807) is 12.3 Å². The summed E-state index contributed by atoms with van der Waals surface area (Å²) >= 11 is 0.